The molecule has 1 aliphatic heterocycles. The van der Waals surface area contributed by atoms with Crippen LogP contribution in [0.25, 0.3) is 0 Å². The number of hydrogen-bond donors (Lipinski definition) is 0. The zero-order valence-corrected chi connectivity index (χ0v) is 15.5. The molecule has 0 fully saturated rings. The summed E-state index contributed by atoms with van der Waals surface area (Å²) in [6.07, 6.45) is -0.461. The fraction of sp³-hybridized carbons (Fsp3) is 0.450. The lowest BCUT2D eigenvalue weighted by atomic mass is 9.92. The van der Waals surface area contributed by atoms with Crippen LogP contribution in [0.3, 0.4) is 0 Å². The molecule has 0 aliphatic carbocycles. The van der Waals surface area contributed by atoms with E-state index in [-0.39, 0.29) is 18.3 Å². The number of esters is 1. The number of rotatable bonds is 5. The third kappa shape index (κ3) is 4.53. The Kier molecular flexibility index (Phi) is 6.70. The molecule has 1 unspecified atom stereocenters. The van der Waals surface area contributed by atoms with Gasteiger partial charge in [0.25, 0.3) is 5.60 Å². The van der Waals surface area contributed by atoms with Crippen molar-refractivity contribution >= 4 is 5.97 Å². The van der Waals surface area contributed by atoms with E-state index in [4.69, 9.17) is 14.2 Å². The van der Waals surface area contributed by atoms with E-state index in [1.165, 1.54) is 30.5 Å². The number of alkyl halides is 3. The van der Waals surface area contributed by atoms with Crippen molar-refractivity contribution in [3.05, 3.63) is 59.4 Å². The van der Waals surface area contributed by atoms with E-state index in [2.05, 4.69) is 0 Å². The highest BCUT2D eigenvalue weighted by Crippen LogP contribution is 2.43. The highest BCUT2D eigenvalue weighted by atomic mass is 19.4. The average Bonchev–Trinajstić information content (AvgIpc) is 2.62. The van der Waals surface area contributed by atoms with Gasteiger partial charge in [0.15, 0.2) is 0 Å². The molecule has 0 N–H and O–H groups in total. The lowest BCUT2D eigenvalue weighted by molar-refractivity contribution is -0.276. The number of ether oxygens (including phenoxy) is 3. The lowest BCUT2D eigenvalue weighted by Gasteiger charge is -2.32. The van der Waals surface area contributed by atoms with Crippen LogP contribution in [0.5, 0.6) is 0 Å². The second kappa shape index (κ2) is 8.61. The molecule has 0 amide bonds. The van der Waals surface area contributed by atoms with Crippen LogP contribution in [0.4, 0.5) is 13.2 Å². The summed E-state index contributed by atoms with van der Waals surface area (Å²) in [7, 11) is 0.842. The first-order chi connectivity index (χ1) is 12.7. The maximum absolute atomic E-state index is 13.8. The van der Waals surface area contributed by atoms with E-state index in [0.717, 1.165) is 12.7 Å². The second-order valence-corrected chi connectivity index (χ2v) is 6.37. The first kappa shape index (κ1) is 21.0. The molecule has 7 heteroatoms. The Balaban J connectivity index is 2.20. The highest BCUT2D eigenvalue weighted by Gasteiger charge is 2.64. The maximum Gasteiger partial charge on any atom is 0.432 e. The number of halogens is 3. The second-order valence-electron chi connectivity index (χ2n) is 6.37. The van der Waals surface area contributed by atoms with E-state index in [1.807, 2.05) is 19.9 Å². The largest absolute Gasteiger partial charge is 0.494 e. The van der Waals surface area contributed by atoms with Crippen LogP contribution in [0.2, 0.25) is 0 Å². The average molecular weight is 384 g/mol. The lowest BCUT2D eigenvalue weighted by Crippen LogP contribution is -2.51. The Morgan fingerprint density at radius 1 is 1.26 bits per heavy atom. The van der Waals surface area contributed by atoms with Gasteiger partial charge < -0.3 is 14.2 Å². The van der Waals surface area contributed by atoms with Gasteiger partial charge in [-0.1, -0.05) is 36.4 Å². The van der Waals surface area contributed by atoms with Crippen molar-refractivity contribution in [2.75, 3.05) is 13.7 Å². The highest BCUT2D eigenvalue weighted by molar-refractivity contribution is 5.82. The topological polar surface area (TPSA) is 44.8 Å². The zero-order valence-electron chi connectivity index (χ0n) is 15.5. The van der Waals surface area contributed by atoms with Crippen LogP contribution in [-0.4, -0.2) is 32.0 Å². The van der Waals surface area contributed by atoms with Gasteiger partial charge in [-0.2, -0.15) is 13.2 Å². The Labute approximate surface area is 156 Å². The Morgan fingerprint density at radius 3 is 2.52 bits per heavy atom. The van der Waals surface area contributed by atoms with Crippen molar-refractivity contribution in [3.8, 4) is 0 Å². The molecule has 148 valence electrons. The van der Waals surface area contributed by atoms with E-state index >= 15 is 0 Å². The van der Waals surface area contributed by atoms with Crippen LogP contribution in [0.15, 0.2) is 53.8 Å². The molecule has 1 heterocycles. The summed E-state index contributed by atoms with van der Waals surface area (Å²) in [5.41, 5.74) is -1.85. The summed E-state index contributed by atoms with van der Waals surface area (Å²) in [6.45, 7) is 3.51. The molecule has 2 rings (SSSR count). The summed E-state index contributed by atoms with van der Waals surface area (Å²) >= 11 is 0. The summed E-state index contributed by atoms with van der Waals surface area (Å²) in [4.78, 5) is 12.5. The summed E-state index contributed by atoms with van der Waals surface area (Å²) in [5, 5.41) is 0. The van der Waals surface area contributed by atoms with E-state index in [1.54, 1.807) is 6.07 Å². The fourth-order valence-corrected chi connectivity index (χ4v) is 2.77. The van der Waals surface area contributed by atoms with E-state index in [0.29, 0.717) is 18.4 Å². The standard InChI is InChI=1S/C20H23F3O4/c1-14-8-7-9-16(12-26-15(14)2)13-27-18(24)19(25-3,20(21,22)23)17-10-5-4-6-11-17/h4-6,8,10-12,15H,7,9,13H2,1-3H3/b14-8-,16-12+/t15-,19?/m1/s1. The molecule has 2 atom stereocenters. The molecule has 0 radical (unpaired) electrons. The molecule has 1 aliphatic rings. The predicted molar refractivity (Wildman–Crippen MR) is 93.8 cm³/mol. The number of methoxy groups -OCH3 is 1. The van der Waals surface area contributed by atoms with Crippen LogP contribution < -0.4 is 0 Å². The molecular weight excluding hydrogens is 361 g/mol. The van der Waals surface area contributed by atoms with Crippen LogP contribution >= 0.6 is 0 Å². The quantitative estimate of drug-likeness (QED) is 0.547. The van der Waals surface area contributed by atoms with Crippen molar-refractivity contribution in [3.63, 3.8) is 0 Å². The van der Waals surface area contributed by atoms with Gasteiger partial charge in [-0.15, -0.1) is 0 Å². The third-order valence-electron chi connectivity index (χ3n) is 4.57. The SMILES string of the molecule is COC(C(=O)OC/C1=C/O[C@H](C)/C(C)=C\CC1)(c1ccccc1)C(F)(F)F. The van der Waals surface area contributed by atoms with Gasteiger partial charge in [-0.25, -0.2) is 4.79 Å². The minimum Gasteiger partial charge on any atom is -0.494 e. The summed E-state index contributed by atoms with van der Waals surface area (Å²) < 4.78 is 56.7. The zero-order chi connectivity index (χ0) is 20.1. The molecule has 1 aromatic carbocycles. The first-order valence-electron chi connectivity index (χ1n) is 8.57. The van der Waals surface area contributed by atoms with Gasteiger partial charge >= 0.3 is 12.1 Å². The van der Waals surface area contributed by atoms with Crippen molar-refractivity contribution in [2.45, 2.75) is 44.6 Å². The molecule has 0 saturated heterocycles. The predicted octanol–water partition coefficient (Wildman–Crippen LogP) is 4.66. The number of allylic oxidation sites excluding steroid dienone is 1. The van der Waals surface area contributed by atoms with Crippen molar-refractivity contribution in [1.82, 2.24) is 0 Å². The van der Waals surface area contributed by atoms with Crippen molar-refractivity contribution < 1.29 is 32.2 Å². The normalized spacial score (nSPS) is 24.1. The summed E-state index contributed by atoms with van der Waals surface area (Å²) in [6, 6.07) is 6.74. The molecule has 0 aromatic heterocycles. The van der Waals surface area contributed by atoms with Gasteiger partial charge in [0, 0.05) is 18.2 Å². The molecule has 4 nitrogen and oxygen atoms in total. The van der Waals surface area contributed by atoms with Gasteiger partial charge in [-0.05, 0) is 32.3 Å². The van der Waals surface area contributed by atoms with Crippen molar-refractivity contribution in [2.24, 2.45) is 0 Å². The molecule has 1 aromatic rings. The van der Waals surface area contributed by atoms with Crippen molar-refractivity contribution in [1.29, 1.82) is 0 Å². The smallest absolute Gasteiger partial charge is 0.432 e. The van der Waals surface area contributed by atoms with Crippen LogP contribution in [0, 0.1) is 0 Å². The maximum atomic E-state index is 13.8. The number of carbonyl (C=O) groups excluding carboxylic acids is 1. The van der Waals surface area contributed by atoms with E-state index in [9.17, 15) is 18.0 Å². The van der Waals surface area contributed by atoms with Gasteiger partial charge in [0.2, 0.25) is 0 Å². The Morgan fingerprint density at radius 2 is 1.93 bits per heavy atom. The molecular formula is C20H23F3O4. The number of hydrogen-bond acceptors (Lipinski definition) is 4. The molecule has 0 spiro atoms. The third-order valence-corrected chi connectivity index (χ3v) is 4.57. The molecule has 0 saturated carbocycles. The summed E-state index contributed by atoms with van der Waals surface area (Å²) in [5.74, 6) is -1.51. The monoisotopic (exact) mass is 384 g/mol. The Bertz CT molecular complexity index is 710. The number of carbonyl (C=O) groups is 1. The van der Waals surface area contributed by atoms with Gasteiger partial charge in [-0.3, -0.25) is 0 Å². The van der Waals surface area contributed by atoms with Crippen LogP contribution in [0.1, 0.15) is 32.3 Å². The minimum atomic E-state index is -4.99. The minimum absolute atomic E-state index is 0.145. The number of benzene rings is 1. The van der Waals surface area contributed by atoms with E-state index < -0.39 is 17.7 Å². The van der Waals surface area contributed by atoms with Gasteiger partial charge in [0.05, 0.1) is 6.26 Å². The first-order valence-corrected chi connectivity index (χ1v) is 8.57. The fourth-order valence-electron chi connectivity index (χ4n) is 2.77. The molecule has 0 bridgehead atoms. The van der Waals surface area contributed by atoms with Gasteiger partial charge in [0.1, 0.15) is 12.7 Å². The molecule has 27 heavy (non-hydrogen) atoms. The van der Waals surface area contributed by atoms with Crippen LogP contribution in [-0.2, 0) is 24.6 Å². The Hall–Kier alpha value is -2.28.